The molecule has 0 aromatic heterocycles. The van der Waals surface area contributed by atoms with Gasteiger partial charge in [0.05, 0.1) is 6.54 Å². The number of likely N-dealkylation sites (N-methyl/N-ethyl adjacent to an activating group) is 1. The molecule has 5 heteroatoms. The predicted molar refractivity (Wildman–Crippen MR) is 80.0 cm³/mol. The molecule has 20 heavy (non-hydrogen) atoms. The number of hydrogen-bond donors (Lipinski definition) is 2. The summed E-state index contributed by atoms with van der Waals surface area (Å²) in [5, 5.41) is 2.83. The van der Waals surface area contributed by atoms with Crippen LogP contribution in [0.15, 0.2) is 0 Å². The maximum atomic E-state index is 12.3. The van der Waals surface area contributed by atoms with Gasteiger partial charge in [-0.15, -0.1) is 0 Å². The van der Waals surface area contributed by atoms with Crippen molar-refractivity contribution in [3.8, 4) is 0 Å². The van der Waals surface area contributed by atoms with E-state index in [0.29, 0.717) is 18.4 Å². The Bertz CT molecular complexity index is 344. The second kappa shape index (κ2) is 7.62. The molecular formula is C15H29N3O2. The number of nitrogens with two attached hydrogens (primary N) is 1. The normalized spacial score (nSPS) is 26.4. The quantitative estimate of drug-likeness (QED) is 0.790. The van der Waals surface area contributed by atoms with E-state index in [1.54, 1.807) is 11.9 Å². The van der Waals surface area contributed by atoms with Crippen molar-refractivity contribution in [2.24, 2.45) is 23.5 Å². The van der Waals surface area contributed by atoms with Crippen LogP contribution in [0.5, 0.6) is 0 Å². The lowest BCUT2D eigenvalue weighted by molar-refractivity contribution is -0.139. The fourth-order valence-corrected chi connectivity index (χ4v) is 2.62. The van der Waals surface area contributed by atoms with Crippen molar-refractivity contribution in [3.05, 3.63) is 0 Å². The van der Waals surface area contributed by atoms with E-state index in [-0.39, 0.29) is 30.3 Å². The third kappa shape index (κ3) is 5.12. The standard InChI is InChI=1S/C15H29N3O2/c1-10(2)8-17-14(19)9-18(4)15(20)12-5-6-13(16)11(3)7-12/h10-13H,5-9,16H2,1-4H3,(H,17,19). The summed E-state index contributed by atoms with van der Waals surface area (Å²) in [7, 11) is 1.70. The van der Waals surface area contributed by atoms with Crippen LogP contribution in [0.25, 0.3) is 0 Å². The summed E-state index contributed by atoms with van der Waals surface area (Å²) in [6.07, 6.45) is 2.56. The Balaban J connectivity index is 2.41. The van der Waals surface area contributed by atoms with Crippen LogP contribution < -0.4 is 11.1 Å². The molecule has 1 rings (SSSR count). The van der Waals surface area contributed by atoms with Crippen molar-refractivity contribution in [1.82, 2.24) is 10.2 Å². The third-order valence-electron chi connectivity index (χ3n) is 4.05. The first-order valence-corrected chi connectivity index (χ1v) is 7.58. The molecule has 0 bridgehead atoms. The molecule has 0 radical (unpaired) electrons. The molecule has 0 aromatic carbocycles. The van der Waals surface area contributed by atoms with E-state index < -0.39 is 0 Å². The highest BCUT2D eigenvalue weighted by Crippen LogP contribution is 2.29. The summed E-state index contributed by atoms with van der Waals surface area (Å²) in [5.74, 6) is 0.799. The molecular weight excluding hydrogens is 254 g/mol. The lowest BCUT2D eigenvalue weighted by Crippen LogP contribution is -2.44. The molecule has 0 heterocycles. The van der Waals surface area contributed by atoms with Gasteiger partial charge in [0.1, 0.15) is 0 Å². The minimum absolute atomic E-state index is 0.0210. The Labute approximate surface area is 122 Å². The second-order valence-corrected chi connectivity index (χ2v) is 6.54. The number of carbonyl (C=O) groups is 2. The SMILES string of the molecule is CC(C)CNC(=O)CN(C)C(=O)C1CCC(N)C(C)C1. The first-order chi connectivity index (χ1) is 9.31. The maximum Gasteiger partial charge on any atom is 0.239 e. The molecule has 5 nitrogen and oxygen atoms in total. The van der Waals surface area contributed by atoms with Gasteiger partial charge in [-0.05, 0) is 31.1 Å². The number of carbonyl (C=O) groups excluding carboxylic acids is 2. The van der Waals surface area contributed by atoms with Crippen LogP contribution in [-0.4, -0.2) is 42.9 Å². The van der Waals surface area contributed by atoms with Crippen molar-refractivity contribution in [2.45, 2.75) is 46.1 Å². The van der Waals surface area contributed by atoms with Crippen LogP contribution in [0.1, 0.15) is 40.0 Å². The third-order valence-corrected chi connectivity index (χ3v) is 4.05. The fraction of sp³-hybridized carbons (Fsp3) is 0.867. The highest BCUT2D eigenvalue weighted by atomic mass is 16.2. The van der Waals surface area contributed by atoms with Crippen molar-refractivity contribution in [2.75, 3.05) is 20.1 Å². The van der Waals surface area contributed by atoms with Crippen molar-refractivity contribution >= 4 is 11.8 Å². The Morgan fingerprint density at radius 1 is 1.35 bits per heavy atom. The Morgan fingerprint density at radius 2 is 2.00 bits per heavy atom. The van der Waals surface area contributed by atoms with E-state index in [0.717, 1.165) is 19.3 Å². The number of nitrogens with one attached hydrogen (secondary N) is 1. The molecule has 116 valence electrons. The summed E-state index contributed by atoms with van der Waals surface area (Å²) >= 11 is 0. The number of amides is 2. The van der Waals surface area contributed by atoms with Gasteiger partial charge in [0.15, 0.2) is 0 Å². The molecule has 1 fully saturated rings. The van der Waals surface area contributed by atoms with Crippen LogP contribution in [0.3, 0.4) is 0 Å². The first-order valence-electron chi connectivity index (χ1n) is 7.58. The zero-order valence-corrected chi connectivity index (χ0v) is 13.2. The Morgan fingerprint density at radius 3 is 2.55 bits per heavy atom. The molecule has 1 aliphatic carbocycles. The molecule has 0 saturated heterocycles. The minimum atomic E-state index is -0.0879. The summed E-state index contributed by atoms with van der Waals surface area (Å²) < 4.78 is 0. The molecule has 0 aliphatic heterocycles. The van der Waals surface area contributed by atoms with E-state index in [1.807, 2.05) is 13.8 Å². The second-order valence-electron chi connectivity index (χ2n) is 6.54. The molecule has 3 N–H and O–H groups in total. The monoisotopic (exact) mass is 283 g/mol. The Kier molecular flexibility index (Phi) is 6.46. The van der Waals surface area contributed by atoms with Gasteiger partial charge in [0, 0.05) is 25.6 Å². The zero-order valence-electron chi connectivity index (χ0n) is 13.2. The molecule has 1 aliphatic rings. The highest BCUT2D eigenvalue weighted by Gasteiger charge is 2.31. The van der Waals surface area contributed by atoms with Crippen LogP contribution in [0.4, 0.5) is 0 Å². The van der Waals surface area contributed by atoms with E-state index in [1.165, 1.54) is 0 Å². The van der Waals surface area contributed by atoms with Crippen LogP contribution >= 0.6 is 0 Å². The predicted octanol–water partition coefficient (Wildman–Crippen LogP) is 0.981. The van der Waals surface area contributed by atoms with Crippen LogP contribution in [0, 0.1) is 17.8 Å². The summed E-state index contributed by atoms with van der Waals surface area (Å²) in [6, 6.07) is 0.207. The molecule has 0 aromatic rings. The van der Waals surface area contributed by atoms with E-state index >= 15 is 0 Å². The largest absolute Gasteiger partial charge is 0.354 e. The molecule has 2 amide bonds. The minimum Gasteiger partial charge on any atom is -0.354 e. The fourth-order valence-electron chi connectivity index (χ4n) is 2.62. The highest BCUT2D eigenvalue weighted by molar-refractivity contribution is 5.85. The van der Waals surface area contributed by atoms with Gasteiger partial charge >= 0.3 is 0 Å². The molecule has 0 spiro atoms. The van der Waals surface area contributed by atoms with E-state index in [4.69, 9.17) is 5.73 Å². The Hall–Kier alpha value is -1.10. The van der Waals surface area contributed by atoms with Gasteiger partial charge in [-0.2, -0.15) is 0 Å². The number of rotatable bonds is 5. The van der Waals surface area contributed by atoms with E-state index in [2.05, 4.69) is 12.2 Å². The smallest absolute Gasteiger partial charge is 0.239 e. The molecule has 3 atom stereocenters. The van der Waals surface area contributed by atoms with Gasteiger partial charge in [0.25, 0.3) is 0 Å². The lowest BCUT2D eigenvalue weighted by atomic mass is 9.79. The molecule has 3 unspecified atom stereocenters. The van der Waals surface area contributed by atoms with Gasteiger partial charge in [-0.3, -0.25) is 9.59 Å². The first kappa shape index (κ1) is 17.0. The summed E-state index contributed by atoms with van der Waals surface area (Å²) in [4.78, 5) is 25.6. The van der Waals surface area contributed by atoms with Crippen molar-refractivity contribution in [3.63, 3.8) is 0 Å². The lowest BCUT2D eigenvalue weighted by Gasteiger charge is -2.33. The number of hydrogen-bond acceptors (Lipinski definition) is 3. The average Bonchev–Trinajstić information content (AvgIpc) is 2.38. The zero-order chi connectivity index (χ0) is 15.3. The van der Waals surface area contributed by atoms with Gasteiger partial charge < -0.3 is 16.0 Å². The maximum absolute atomic E-state index is 12.3. The number of nitrogens with zero attached hydrogens (tertiary/aromatic N) is 1. The van der Waals surface area contributed by atoms with Gasteiger partial charge in [-0.25, -0.2) is 0 Å². The average molecular weight is 283 g/mol. The summed E-state index contributed by atoms with van der Waals surface area (Å²) in [6.45, 7) is 6.97. The van der Waals surface area contributed by atoms with Crippen LogP contribution in [0.2, 0.25) is 0 Å². The van der Waals surface area contributed by atoms with Gasteiger partial charge in [-0.1, -0.05) is 20.8 Å². The van der Waals surface area contributed by atoms with Crippen molar-refractivity contribution < 1.29 is 9.59 Å². The topological polar surface area (TPSA) is 75.4 Å². The van der Waals surface area contributed by atoms with Gasteiger partial charge in [0.2, 0.25) is 11.8 Å². The van der Waals surface area contributed by atoms with E-state index in [9.17, 15) is 9.59 Å². The summed E-state index contributed by atoms with van der Waals surface area (Å²) in [5.41, 5.74) is 5.98. The van der Waals surface area contributed by atoms with Crippen LogP contribution in [-0.2, 0) is 9.59 Å². The molecule has 1 saturated carbocycles. The van der Waals surface area contributed by atoms with Crippen molar-refractivity contribution in [1.29, 1.82) is 0 Å².